The van der Waals surface area contributed by atoms with Crippen LogP contribution < -0.4 is 0 Å². The minimum atomic E-state index is 0.201. The number of benzene rings is 1. The van der Waals surface area contributed by atoms with E-state index in [0.29, 0.717) is 25.0 Å². The number of carbonyl (C=O) groups is 2. The van der Waals surface area contributed by atoms with Crippen molar-refractivity contribution in [2.24, 2.45) is 0 Å². The van der Waals surface area contributed by atoms with Gasteiger partial charge in [-0.25, -0.2) is 0 Å². The second-order valence-electron chi connectivity index (χ2n) is 5.79. The van der Waals surface area contributed by atoms with Gasteiger partial charge in [0, 0.05) is 19.3 Å². The van der Waals surface area contributed by atoms with E-state index in [1.165, 1.54) is 5.57 Å². The maximum absolute atomic E-state index is 11.8. The van der Waals surface area contributed by atoms with Crippen LogP contribution in [0.3, 0.4) is 0 Å². The normalized spacial score (nSPS) is 15.2. The second kappa shape index (κ2) is 7.16. The molecule has 0 aromatic heterocycles. The number of hydrogen-bond donors (Lipinski definition) is 0. The van der Waals surface area contributed by atoms with Crippen LogP contribution in [0, 0.1) is 0 Å². The third-order valence-corrected chi connectivity index (χ3v) is 3.92. The third-order valence-electron chi connectivity index (χ3n) is 3.92. The summed E-state index contributed by atoms with van der Waals surface area (Å²) < 4.78 is 0. The highest BCUT2D eigenvalue weighted by molar-refractivity contribution is 5.93. The fourth-order valence-electron chi connectivity index (χ4n) is 2.74. The van der Waals surface area contributed by atoms with E-state index in [0.717, 1.165) is 36.0 Å². The zero-order valence-electron chi connectivity index (χ0n) is 12.7. The largest absolute Gasteiger partial charge is 0.300 e. The molecule has 0 heterocycles. The van der Waals surface area contributed by atoms with E-state index in [1.807, 2.05) is 18.2 Å². The van der Waals surface area contributed by atoms with Crippen molar-refractivity contribution in [2.75, 3.05) is 0 Å². The highest BCUT2D eigenvalue weighted by Crippen LogP contribution is 2.34. The van der Waals surface area contributed by atoms with Crippen molar-refractivity contribution in [3.63, 3.8) is 0 Å². The van der Waals surface area contributed by atoms with E-state index in [1.54, 1.807) is 6.92 Å². The van der Waals surface area contributed by atoms with E-state index >= 15 is 0 Å². The molecule has 2 heteroatoms. The van der Waals surface area contributed by atoms with Crippen molar-refractivity contribution in [1.29, 1.82) is 0 Å². The van der Waals surface area contributed by atoms with Crippen LogP contribution in [0.2, 0.25) is 0 Å². The Balaban J connectivity index is 2.17. The lowest BCUT2D eigenvalue weighted by molar-refractivity contribution is -0.118. The van der Waals surface area contributed by atoms with Gasteiger partial charge in [-0.1, -0.05) is 48.1 Å². The summed E-state index contributed by atoms with van der Waals surface area (Å²) in [5, 5.41) is 0. The predicted octanol–water partition coefficient (Wildman–Crippen LogP) is 4.51. The Morgan fingerprint density at radius 3 is 2.52 bits per heavy atom. The van der Waals surface area contributed by atoms with Gasteiger partial charge in [0.25, 0.3) is 0 Å². The molecule has 0 saturated heterocycles. The first kappa shape index (κ1) is 15.4. The van der Waals surface area contributed by atoms with Gasteiger partial charge in [0.2, 0.25) is 0 Å². The summed E-state index contributed by atoms with van der Waals surface area (Å²) in [6.07, 6.45) is 4.10. The molecule has 0 aliphatic heterocycles. The standard InChI is InChI=1S/C19H22O2/c1-14(8-9-15(2)20)12-17-10-11-18(21)13-19(17)16-6-4-3-5-7-16/h3-7H,1,8-13H2,2H3. The number of carbonyl (C=O) groups excluding carboxylic acids is 2. The summed E-state index contributed by atoms with van der Waals surface area (Å²) >= 11 is 0. The Bertz CT molecular complexity index is 579. The number of Topliss-reactive ketones (excluding diaryl/α,β-unsaturated/α-hetero) is 2. The molecule has 0 spiro atoms. The Morgan fingerprint density at radius 1 is 1.14 bits per heavy atom. The first-order valence-electron chi connectivity index (χ1n) is 7.50. The van der Waals surface area contributed by atoms with Crippen molar-refractivity contribution in [3.8, 4) is 0 Å². The molecule has 2 nitrogen and oxygen atoms in total. The summed E-state index contributed by atoms with van der Waals surface area (Å²) in [6, 6.07) is 10.1. The van der Waals surface area contributed by atoms with Crippen LogP contribution in [0.1, 0.15) is 51.0 Å². The SMILES string of the molecule is C=C(CCC(C)=O)CC1=C(c2ccccc2)CC(=O)CC1. The second-order valence-corrected chi connectivity index (χ2v) is 5.79. The number of allylic oxidation sites excluding steroid dienone is 3. The van der Waals surface area contributed by atoms with Crippen molar-refractivity contribution >= 4 is 17.1 Å². The molecule has 1 aromatic carbocycles. The van der Waals surface area contributed by atoms with Gasteiger partial charge < -0.3 is 4.79 Å². The van der Waals surface area contributed by atoms with Gasteiger partial charge in [-0.3, -0.25) is 4.79 Å². The van der Waals surface area contributed by atoms with Crippen LogP contribution in [0.25, 0.3) is 5.57 Å². The van der Waals surface area contributed by atoms with Gasteiger partial charge in [0.15, 0.2) is 0 Å². The molecule has 0 atom stereocenters. The van der Waals surface area contributed by atoms with Crippen LogP contribution in [0.15, 0.2) is 48.1 Å². The van der Waals surface area contributed by atoms with Crippen LogP contribution in [-0.2, 0) is 9.59 Å². The molecular formula is C19H22O2. The molecule has 0 saturated carbocycles. The van der Waals surface area contributed by atoms with Crippen molar-refractivity contribution < 1.29 is 9.59 Å². The summed E-state index contributed by atoms with van der Waals surface area (Å²) in [6.45, 7) is 5.71. The van der Waals surface area contributed by atoms with E-state index in [-0.39, 0.29) is 5.78 Å². The van der Waals surface area contributed by atoms with Crippen molar-refractivity contribution in [1.82, 2.24) is 0 Å². The fraction of sp³-hybridized carbons (Fsp3) is 0.368. The summed E-state index contributed by atoms with van der Waals surface area (Å²) in [4.78, 5) is 22.9. The minimum absolute atomic E-state index is 0.201. The molecule has 1 aliphatic carbocycles. The topological polar surface area (TPSA) is 34.1 Å². The highest BCUT2D eigenvalue weighted by Gasteiger charge is 2.20. The molecule has 0 fully saturated rings. The van der Waals surface area contributed by atoms with Gasteiger partial charge >= 0.3 is 0 Å². The number of ketones is 2. The zero-order chi connectivity index (χ0) is 15.2. The Labute approximate surface area is 126 Å². The lowest BCUT2D eigenvalue weighted by Crippen LogP contribution is -2.09. The Kier molecular flexibility index (Phi) is 5.26. The highest BCUT2D eigenvalue weighted by atomic mass is 16.1. The maximum atomic E-state index is 11.8. The van der Waals surface area contributed by atoms with E-state index < -0.39 is 0 Å². The van der Waals surface area contributed by atoms with Crippen LogP contribution in [-0.4, -0.2) is 11.6 Å². The van der Waals surface area contributed by atoms with Gasteiger partial charge in [-0.05, 0) is 37.3 Å². The fourth-order valence-corrected chi connectivity index (χ4v) is 2.74. The molecule has 21 heavy (non-hydrogen) atoms. The van der Waals surface area contributed by atoms with E-state index in [2.05, 4.69) is 18.7 Å². The van der Waals surface area contributed by atoms with Gasteiger partial charge in [0.1, 0.15) is 11.6 Å². The molecule has 0 amide bonds. The third kappa shape index (κ3) is 4.52. The first-order chi connectivity index (χ1) is 10.1. The zero-order valence-corrected chi connectivity index (χ0v) is 12.7. The molecule has 0 bridgehead atoms. The predicted molar refractivity (Wildman–Crippen MR) is 85.9 cm³/mol. The Morgan fingerprint density at radius 2 is 1.86 bits per heavy atom. The van der Waals surface area contributed by atoms with Crippen LogP contribution in [0.5, 0.6) is 0 Å². The molecule has 110 valence electrons. The molecule has 0 N–H and O–H groups in total. The van der Waals surface area contributed by atoms with Crippen LogP contribution in [0.4, 0.5) is 0 Å². The lowest BCUT2D eigenvalue weighted by atomic mass is 9.83. The quantitative estimate of drug-likeness (QED) is 0.719. The average molecular weight is 282 g/mol. The Hall–Kier alpha value is -1.96. The van der Waals surface area contributed by atoms with Crippen LogP contribution >= 0.6 is 0 Å². The van der Waals surface area contributed by atoms with Gasteiger partial charge in [-0.2, -0.15) is 0 Å². The molecule has 0 unspecified atom stereocenters. The van der Waals surface area contributed by atoms with Gasteiger partial charge in [-0.15, -0.1) is 0 Å². The maximum Gasteiger partial charge on any atom is 0.137 e. The lowest BCUT2D eigenvalue weighted by Gasteiger charge is -2.21. The smallest absolute Gasteiger partial charge is 0.137 e. The first-order valence-corrected chi connectivity index (χ1v) is 7.50. The average Bonchev–Trinajstić information content (AvgIpc) is 2.48. The molecule has 0 radical (unpaired) electrons. The summed E-state index contributed by atoms with van der Waals surface area (Å²) in [5.74, 6) is 0.513. The minimum Gasteiger partial charge on any atom is -0.300 e. The molecular weight excluding hydrogens is 260 g/mol. The number of hydrogen-bond acceptors (Lipinski definition) is 2. The van der Waals surface area contributed by atoms with Crippen molar-refractivity contribution in [2.45, 2.75) is 45.4 Å². The van der Waals surface area contributed by atoms with E-state index in [4.69, 9.17) is 0 Å². The molecule has 1 aromatic rings. The van der Waals surface area contributed by atoms with E-state index in [9.17, 15) is 9.59 Å². The van der Waals surface area contributed by atoms with Crippen molar-refractivity contribution in [3.05, 3.63) is 53.6 Å². The van der Waals surface area contributed by atoms with Gasteiger partial charge in [0.05, 0.1) is 0 Å². The monoisotopic (exact) mass is 282 g/mol. The summed E-state index contributed by atoms with van der Waals surface area (Å²) in [5.41, 5.74) is 4.70. The molecule has 2 rings (SSSR count). The summed E-state index contributed by atoms with van der Waals surface area (Å²) in [7, 11) is 0. The number of rotatable bonds is 6. The molecule has 1 aliphatic rings.